The highest BCUT2D eigenvalue weighted by Gasteiger charge is 2.22. The molecule has 128 valence electrons. The minimum atomic E-state index is -0.0456. The molecule has 0 aliphatic carbocycles. The van der Waals surface area contributed by atoms with Crippen molar-refractivity contribution in [3.63, 3.8) is 0 Å². The fourth-order valence-electron chi connectivity index (χ4n) is 3.04. The molecule has 1 heterocycles. The standard InChI is InChI=1S/C21H22N2O2/c1-16(17-8-4-3-5-9-17)23(21(24)15-25-2)14-18-12-13-22-20-11-7-6-10-19(18)20/h3-13,16H,14-15H2,1-2H3/t16-/m1/s1. The lowest BCUT2D eigenvalue weighted by Gasteiger charge is -2.30. The van der Waals surface area contributed by atoms with Gasteiger partial charge in [0.25, 0.3) is 0 Å². The van der Waals surface area contributed by atoms with Crippen molar-refractivity contribution in [2.24, 2.45) is 0 Å². The Morgan fingerprint density at radius 2 is 1.80 bits per heavy atom. The second-order valence-corrected chi connectivity index (χ2v) is 6.03. The first kappa shape index (κ1) is 17.1. The van der Waals surface area contributed by atoms with Gasteiger partial charge in [0.05, 0.1) is 11.6 Å². The lowest BCUT2D eigenvalue weighted by Crippen LogP contribution is -2.35. The van der Waals surface area contributed by atoms with Gasteiger partial charge in [0.1, 0.15) is 6.61 Å². The summed E-state index contributed by atoms with van der Waals surface area (Å²) < 4.78 is 5.09. The average molecular weight is 334 g/mol. The Labute approximate surface area is 148 Å². The molecular formula is C21H22N2O2. The summed E-state index contributed by atoms with van der Waals surface area (Å²) in [5.41, 5.74) is 3.12. The fraction of sp³-hybridized carbons (Fsp3) is 0.238. The van der Waals surface area contributed by atoms with E-state index in [0.29, 0.717) is 6.54 Å². The fourth-order valence-corrected chi connectivity index (χ4v) is 3.04. The zero-order valence-corrected chi connectivity index (χ0v) is 14.6. The summed E-state index contributed by atoms with van der Waals surface area (Å²) in [6, 6.07) is 20.0. The smallest absolute Gasteiger partial charge is 0.249 e. The van der Waals surface area contributed by atoms with E-state index in [1.165, 1.54) is 0 Å². The van der Waals surface area contributed by atoms with Crippen LogP contribution in [0.4, 0.5) is 0 Å². The third-order valence-electron chi connectivity index (χ3n) is 4.42. The number of para-hydroxylation sites is 1. The normalized spacial score (nSPS) is 12.1. The van der Waals surface area contributed by atoms with Crippen LogP contribution in [-0.4, -0.2) is 29.5 Å². The third-order valence-corrected chi connectivity index (χ3v) is 4.42. The number of hydrogen-bond donors (Lipinski definition) is 0. The van der Waals surface area contributed by atoms with Crippen LogP contribution in [0.2, 0.25) is 0 Å². The molecule has 0 saturated carbocycles. The van der Waals surface area contributed by atoms with E-state index in [4.69, 9.17) is 4.74 Å². The van der Waals surface area contributed by atoms with Crippen molar-refractivity contribution in [3.05, 3.63) is 78.0 Å². The van der Waals surface area contributed by atoms with Gasteiger partial charge >= 0.3 is 0 Å². The quantitative estimate of drug-likeness (QED) is 0.685. The van der Waals surface area contributed by atoms with Gasteiger partial charge in [0.15, 0.2) is 0 Å². The van der Waals surface area contributed by atoms with E-state index >= 15 is 0 Å². The van der Waals surface area contributed by atoms with Gasteiger partial charge in [0, 0.05) is 25.2 Å². The molecule has 3 rings (SSSR count). The molecule has 0 saturated heterocycles. The molecular weight excluding hydrogens is 312 g/mol. The lowest BCUT2D eigenvalue weighted by molar-refractivity contribution is -0.138. The van der Waals surface area contributed by atoms with Gasteiger partial charge in [-0.2, -0.15) is 0 Å². The summed E-state index contributed by atoms with van der Waals surface area (Å²) in [4.78, 5) is 19.0. The van der Waals surface area contributed by atoms with Crippen LogP contribution in [-0.2, 0) is 16.1 Å². The number of carbonyl (C=O) groups excluding carboxylic acids is 1. The second-order valence-electron chi connectivity index (χ2n) is 6.03. The van der Waals surface area contributed by atoms with Crippen LogP contribution in [0.5, 0.6) is 0 Å². The number of pyridine rings is 1. The number of amides is 1. The summed E-state index contributed by atoms with van der Waals surface area (Å²) in [7, 11) is 1.55. The summed E-state index contributed by atoms with van der Waals surface area (Å²) in [6.45, 7) is 2.63. The summed E-state index contributed by atoms with van der Waals surface area (Å²) in [5.74, 6) is -0.0280. The van der Waals surface area contributed by atoms with E-state index in [1.807, 2.05) is 72.5 Å². The largest absolute Gasteiger partial charge is 0.375 e. The van der Waals surface area contributed by atoms with E-state index in [0.717, 1.165) is 22.0 Å². The zero-order valence-electron chi connectivity index (χ0n) is 14.6. The van der Waals surface area contributed by atoms with Crippen molar-refractivity contribution in [2.75, 3.05) is 13.7 Å². The van der Waals surface area contributed by atoms with Crippen molar-refractivity contribution in [1.82, 2.24) is 9.88 Å². The molecule has 0 radical (unpaired) electrons. The van der Waals surface area contributed by atoms with Gasteiger partial charge in [0.2, 0.25) is 5.91 Å². The second kappa shape index (κ2) is 7.90. The Morgan fingerprint density at radius 3 is 2.56 bits per heavy atom. The number of rotatable bonds is 6. The number of ether oxygens (including phenoxy) is 1. The van der Waals surface area contributed by atoms with E-state index in [-0.39, 0.29) is 18.6 Å². The summed E-state index contributed by atoms with van der Waals surface area (Å²) >= 11 is 0. The highest BCUT2D eigenvalue weighted by molar-refractivity contribution is 5.83. The van der Waals surface area contributed by atoms with Gasteiger partial charge in [-0.1, -0.05) is 48.5 Å². The molecule has 4 heteroatoms. The van der Waals surface area contributed by atoms with E-state index in [1.54, 1.807) is 13.3 Å². The van der Waals surface area contributed by atoms with Crippen LogP contribution in [0.25, 0.3) is 10.9 Å². The molecule has 1 amide bonds. The number of fused-ring (bicyclic) bond motifs is 1. The van der Waals surface area contributed by atoms with Crippen LogP contribution in [0.15, 0.2) is 66.9 Å². The van der Waals surface area contributed by atoms with E-state index in [9.17, 15) is 4.79 Å². The highest BCUT2D eigenvalue weighted by Crippen LogP contribution is 2.25. The molecule has 1 atom stereocenters. The summed E-state index contributed by atoms with van der Waals surface area (Å²) in [5, 5.41) is 1.07. The van der Waals surface area contributed by atoms with Crippen LogP contribution in [0.3, 0.4) is 0 Å². The maximum absolute atomic E-state index is 12.7. The first-order valence-electron chi connectivity index (χ1n) is 8.36. The Balaban J connectivity index is 1.96. The molecule has 25 heavy (non-hydrogen) atoms. The van der Waals surface area contributed by atoms with Crippen LogP contribution < -0.4 is 0 Å². The zero-order chi connectivity index (χ0) is 17.6. The molecule has 4 nitrogen and oxygen atoms in total. The van der Waals surface area contributed by atoms with Crippen LogP contribution in [0.1, 0.15) is 24.1 Å². The first-order valence-corrected chi connectivity index (χ1v) is 8.36. The molecule has 0 aliphatic rings. The first-order chi connectivity index (χ1) is 12.2. The maximum Gasteiger partial charge on any atom is 0.249 e. The molecule has 0 spiro atoms. The molecule has 0 bridgehead atoms. The van der Waals surface area contributed by atoms with E-state index in [2.05, 4.69) is 4.98 Å². The molecule has 0 unspecified atom stereocenters. The van der Waals surface area contributed by atoms with Crippen molar-refractivity contribution >= 4 is 16.8 Å². The number of aromatic nitrogens is 1. The topological polar surface area (TPSA) is 42.4 Å². The number of carbonyl (C=O) groups is 1. The number of hydrogen-bond acceptors (Lipinski definition) is 3. The minimum absolute atomic E-state index is 0.0280. The minimum Gasteiger partial charge on any atom is -0.375 e. The predicted molar refractivity (Wildman–Crippen MR) is 99.0 cm³/mol. The Bertz CT molecular complexity index is 843. The van der Waals surface area contributed by atoms with Crippen molar-refractivity contribution in [3.8, 4) is 0 Å². The third kappa shape index (κ3) is 3.86. The van der Waals surface area contributed by atoms with Crippen molar-refractivity contribution < 1.29 is 9.53 Å². The van der Waals surface area contributed by atoms with Crippen LogP contribution >= 0.6 is 0 Å². The molecule has 0 N–H and O–H groups in total. The van der Waals surface area contributed by atoms with Gasteiger partial charge in [-0.05, 0) is 30.2 Å². The van der Waals surface area contributed by atoms with Gasteiger partial charge in [-0.15, -0.1) is 0 Å². The Kier molecular flexibility index (Phi) is 5.41. The monoisotopic (exact) mass is 334 g/mol. The number of benzene rings is 2. The average Bonchev–Trinajstić information content (AvgIpc) is 2.66. The number of nitrogens with zero attached hydrogens (tertiary/aromatic N) is 2. The molecule has 3 aromatic rings. The molecule has 2 aromatic carbocycles. The maximum atomic E-state index is 12.7. The molecule has 0 fully saturated rings. The Hall–Kier alpha value is -2.72. The SMILES string of the molecule is COCC(=O)N(Cc1ccnc2ccccc12)[C@H](C)c1ccccc1. The number of methoxy groups -OCH3 is 1. The van der Waals surface area contributed by atoms with Crippen molar-refractivity contribution in [1.29, 1.82) is 0 Å². The van der Waals surface area contributed by atoms with Crippen molar-refractivity contribution in [2.45, 2.75) is 19.5 Å². The van der Waals surface area contributed by atoms with Crippen LogP contribution in [0, 0.1) is 0 Å². The summed E-state index contributed by atoms with van der Waals surface area (Å²) in [6.07, 6.45) is 1.80. The molecule has 1 aromatic heterocycles. The molecule has 0 aliphatic heterocycles. The van der Waals surface area contributed by atoms with E-state index < -0.39 is 0 Å². The predicted octanol–water partition coefficient (Wildman–Crippen LogP) is 3.97. The van der Waals surface area contributed by atoms with Gasteiger partial charge in [-0.3, -0.25) is 9.78 Å². The highest BCUT2D eigenvalue weighted by atomic mass is 16.5. The van der Waals surface area contributed by atoms with Gasteiger partial charge in [-0.25, -0.2) is 0 Å². The Morgan fingerprint density at radius 1 is 1.08 bits per heavy atom. The van der Waals surface area contributed by atoms with Gasteiger partial charge < -0.3 is 9.64 Å². The lowest BCUT2D eigenvalue weighted by atomic mass is 10.0.